The molecule has 4 heteroatoms. The molecule has 1 rings (SSSR count). The fraction of sp³-hybridized carbons (Fsp3) is 0.364. The molecule has 1 atom stereocenters. The van der Waals surface area contributed by atoms with Crippen LogP contribution in [-0.4, -0.2) is 21.3 Å². The molecule has 0 radical (unpaired) electrons. The zero-order chi connectivity index (χ0) is 11.6. The number of rotatable bonds is 3. The molecule has 0 saturated heterocycles. The third-order valence-electron chi connectivity index (χ3n) is 2.45. The SMILES string of the molecule is Cc1c(O)ccc(C(C)CC(=O)O)c1O. The highest BCUT2D eigenvalue weighted by molar-refractivity contribution is 5.68. The lowest BCUT2D eigenvalue weighted by Gasteiger charge is -2.13. The summed E-state index contributed by atoms with van der Waals surface area (Å²) in [6, 6.07) is 3.01. The maximum Gasteiger partial charge on any atom is 0.303 e. The van der Waals surface area contributed by atoms with Gasteiger partial charge in [-0.05, 0) is 24.5 Å². The first-order valence-corrected chi connectivity index (χ1v) is 4.66. The second-order valence-corrected chi connectivity index (χ2v) is 3.65. The summed E-state index contributed by atoms with van der Waals surface area (Å²) >= 11 is 0. The lowest BCUT2D eigenvalue weighted by atomic mass is 9.95. The third-order valence-corrected chi connectivity index (χ3v) is 2.45. The summed E-state index contributed by atoms with van der Waals surface area (Å²) in [6.07, 6.45) is -0.0439. The summed E-state index contributed by atoms with van der Waals surface area (Å²) in [6.45, 7) is 3.31. The first-order valence-electron chi connectivity index (χ1n) is 4.66. The monoisotopic (exact) mass is 210 g/mol. The molecule has 0 saturated carbocycles. The Morgan fingerprint density at radius 3 is 2.53 bits per heavy atom. The van der Waals surface area contributed by atoms with Crippen LogP contribution in [0.15, 0.2) is 12.1 Å². The third kappa shape index (κ3) is 2.40. The van der Waals surface area contributed by atoms with Crippen LogP contribution in [-0.2, 0) is 4.79 Å². The van der Waals surface area contributed by atoms with E-state index in [2.05, 4.69) is 0 Å². The Labute approximate surface area is 87.8 Å². The molecule has 82 valence electrons. The lowest BCUT2D eigenvalue weighted by molar-refractivity contribution is -0.137. The van der Waals surface area contributed by atoms with Gasteiger partial charge in [-0.2, -0.15) is 0 Å². The summed E-state index contributed by atoms with van der Waals surface area (Å²) in [5.41, 5.74) is 0.928. The normalized spacial score (nSPS) is 12.4. The molecule has 0 aliphatic heterocycles. The fourth-order valence-corrected chi connectivity index (χ4v) is 1.48. The van der Waals surface area contributed by atoms with Gasteiger partial charge in [0.1, 0.15) is 11.5 Å². The summed E-state index contributed by atoms with van der Waals surface area (Å²) in [5.74, 6) is -1.20. The summed E-state index contributed by atoms with van der Waals surface area (Å²) in [7, 11) is 0. The van der Waals surface area contributed by atoms with E-state index >= 15 is 0 Å². The van der Waals surface area contributed by atoms with Crippen LogP contribution in [0.25, 0.3) is 0 Å². The second kappa shape index (κ2) is 4.21. The van der Waals surface area contributed by atoms with Gasteiger partial charge in [0.05, 0.1) is 6.42 Å². The van der Waals surface area contributed by atoms with Crippen LogP contribution in [0, 0.1) is 6.92 Å². The van der Waals surface area contributed by atoms with Crippen molar-refractivity contribution in [3.8, 4) is 11.5 Å². The van der Waals surface area contributed by atoms with Crippen LogP contribution < -0.4 is 0 Å². The van der Waals surface area contributed by atoms with Gasteiger partial charge in [-0.25, -0.2) is 0 Å². The minimum Gasteiger partial charge on any atom is -0.508 e. The molecule has 0 fully saturated rings. The van der Waals surface area contributed by atoms with Crippen LogP contribution in [0.5, 0.6) is 11.5 Å². The Bertz CT molecular complexity index is 384. The van der Waals surface area contributed by atoms with E-state index in [9.17, 15) is 15.0 Å². The van der Waals surface area contributed by atoms with Crippen molar-refractivity contribution < 1.29 is 20.1 Å². The van der Waals surface area contributed by atoms with E-state index in [0.29, 0.717) is 11.1 Å². The molecular weight excluding hydrogens is 196 g/mol. The molecule has 4 nitrogen and oxygen atoms in total. The van der Waals surface area contributed by atoms with Crippen molar-refractivity contribution in [2.45, 2.75) is 26.2 Å². The topological polar surface area (TPSA) is 77.8 Å². The van der Waals surface area contributed by atoms with Gasteiger partial charge in [0.15, 0.2) is 0 Å². The van der Waals surface area contributed by atoms with E-state index in [1.54, 1.807) is 19.9 Å². The molecule has 0 heterocycles. The predicted molar refractivity (Wildman–Crippen MR) is 55.2 cm³/mol. The Morgan fingerprint density at radius 1 is 1.40 bits per heavy atom. The number of carboxylic acid groups (broad SMARTS) is 1. The molecule has 0 spiro atoms. The number of hydrogen-bond donors (Lipinski definition) is 3. The van der Waals surface area contributed by atoms with Gasteiger partial charge >= 0.3 is 5.97 Å². The van der Waals surface area contributed by atoms with E-state index < -0.39 is 5.97 Å². The highest BCUT2D eigenvalue weighted by atomic mass is 16.4. The molecule has 1 aromatic rings. The first kappa shape index (κ1) is 11.4. The highest BCUT2D eigenvalue weighted by Gasteiger charge is 2.16. The van der Waals surface area contributed by atoms with E-state index in [0.717, 1.165) is 0 Å². The summed E-state index contributed by atoms with van der Waals surface area (Å²) in [4.78, 5) is 10.5. The van der Waals surface area contributed by atoms with E-state index in [4.69, 9.17) is 5.11 Å². The predicted octanol–water partition coefficient (Wildman–Crippen LogP) is 1.98. The minimum atomic E-state index is -0.910. The van der Waals surface area contributed by atoms with Gasteiger partial charge < -0.3 is 15.3 Å². The van der Waals surface area contributed by atoms with Gasteiger partial charge in [-0.15, -0.1) is 0 Å². The van der Waals surface area contributed by atoms with Crippen LogP contribution in [0.2, 0.25) is 0 Å². The van der Waals surface area contributed by atoms with Gasteiger partial charge in [0, 0.05) is 5.56 Å². The number of carbonyl (C=O) groups is 1. The van der Waals surface area contributed by atoms with Crippen LogP contribution in [0.3, 0.4) is 0 Å². The van der Waals surface area contributed by atoms with Crippen molar-refractivity contribution >= 4 is 5.97 Å². The maximum absolute atomic E-state index is 10.5. The van der Waals surface area contributed by atoms with Crippen molar-refractivity contribution in [1.82, 2.24) is 0 Å². The second-order valence-electron chi connectivity index (χ2n) is 3.65. The Balaban J connectivity index is 3.05. The van der Waals surface area contributed by atoms with Gasteiger partial charge in [-0.3, -0.25) is 4.79 Å². The van der Waals surface area contributed by atoms with Gasteiger partial charge in [0.2, 0.25) is 0 Å². The quantitative estimate of drug-likeness (QED) is 0.712. The van der Waals surface area contributed by atoms with Gasteiger partial charge in [0.25, 0.3) is 0 Å². The summed E-state index contributed by atoms with van der Waals surface area (Å²) < 4.78 is 0. The smallest absolute Gasteiger partial charge is 0.303 e. The largest absolute Gasteiger partial charge is 0.508 e. The number of hydrogen-bond acceptors (Lipinski definition) is 3. The van der Waals surface area contributed by atoms with Crippen molar-refractivity contribution in [3.05, 3.63) is 23.3 Å². The van der Waals surface area contributed by atoms with Crippen LogP contribution in [0.4, 0.5) is 0 Å². The number of aliphatic carboxylic acids is 1. The average Bonchev–Trinajstić information content (AvgIpc) is 2.13. The molecule has 0 aromatic heterocycles. The highest BCUT2D eigenvalue weighted by Crippen LogP contribution is 2.35. The molecular formula is C11H14O4. The van der Waals surface area contributed by atoms with Crippen molar-refractivity contribution in [1.29, 1.82) is 0 Å². The standard InChI is InChI=1S/C11H14O4/c1-6(5-10(13)14)8-3-4-9(12)7(2)11(8)15/h3-4,6,12,15H,5H2,1-2H3,(H,13,14). The lowest BCUT2D eigenvalue weighted by Crippen LogP contribution is -2.03. The Kier molecular flexibility index (Phi) is 3.19. The zero-order valence-corrected chi connectivity index (χ0v) is 8.69. The van der Waals surface area contributed by atoms with Crippen molar-refractivity contribution in [2.75, 3.05) is 0 Å². The Hall–Kier alpha value is -1.71. The number of aromatic hydroxyl groups is 2. The van der Waals surface area contributed by atoms with Crippen molar-refractivity contribution in [3.63, 3.8) is 0 Å². The molecule has 0 aliphatic carbocycles. The molecule has 0 aliphatic rings. The fourth-order valence-electron chi connectivity index (χ4n) is 1.48. The van der Waals surface area contributed by atoms with Gasteiger partial charge in [-0.1, -0.05) is 13.0 Å². The zero-order valence-electron chi connectivity index (χ0n) is 8.69. The molecule has 3 N–H and O–H groups in total. The molecule has 1 aromatic carbocycles. The van der Waals surface area contributed by atoms with Crippen LogP contribution in [0.1, 0.15) is 30.4 Å². The molecule has 1 unspecified atom stereocenters. The maximum atomic E-state index is 10.5. The number of phenolic OH excluding ortho intramolecular Hbond substituents is 2. The van der Waals surface area contributed by atoms with E-state index in [1.807, 2.05) is 0 Å². The molecule has 0 bridgehead atoms. The first-order chi connectivity index (χ1) is 6.93. The summed E-state index contributed by atoms with van der Waals surface area (Å²) in [5, 5.41) is 27.6. The number of benzene rings is 1. The minimum absolute atomic E-state index is 0.0128. The molecule has 15 heavy (non-hydrogen) atoms. The Morgan fingerprint density at radius 2 is 2.00 bits per heavy atom. The molecule has 0 amide bonds. The van der Waals surface area contributed by atoms with Crippen LogP contribution >= 0.6 is 0 Å². The van der Waals surface area contributed by atoms with Crippen molar-refractivity contribution in [2.24, 2.45) is 0 Å². The number of phenols is 2. The van der Waals surface area contributed by atoms with E-state index in [1.165, 1.54) is 6.07 Å². The average molecular weight is 210 g/mol. The van der Waals surface area contributed by atoms with E-state index in [-0.39, 0.29) is 23.8 Å². The number of carboxylic acids is 1.